The van der Waals surface area contributed by atoms with Gasteiger partial charge in [0.05, 0.1) is 0 Å². The number of nitrogens with one attached hydrogen (secondary N) is 1. The third-order valence-electron chi connectivity index (χ3n) is 3.55. The first kappa shape index (κ1) is 14.3. The molecule has 0 unspecified atom stereocenters. The van der Waals surface area contributed by atoms with Gasteiger partial charge >= 0.3 is 0 Å². The number of anilines is 1. The Kier molecular flexibility index (Phi) is 4.34. The van der Waals surface area contributed by atoms with Crippen LogP contribution in [0.3, 0.4) is 0 Å². The highest BCUT2D eigenvalue weighted by molar-refractivity contribution is 9.10. The number of fused-ring (bicyclic) bond motifs is 1. The predicted molar refractivity (Wildman–Crippen MR) is 88.0 cm³/mol. The molecule has 1 aliphatic rings. The molecule has 1 aliphatic heterocycles. The van der Waals surface area contributed by atoms with E-state index in [-0.39, 0.29) is 0 Å². The van der Waals surface area contributed by atoms with Gasteiger partial charge in [0.25, 0.3) is 0 Å². The van der Waals surface area contributed by atoms with Crippen LogP contribution >= 0.6 is 15.9 Å². The fourth-order valence-corrected chi connectivity index (χ4v) is 2.93. The van der Waals surface area contributed by atoms with Crippen LogP contribution in [0.15, 0.2) is 40.9 Å². The quantitative estimate of drug-likeness (QED) is 0.846. The summed E-state index contributed by atoms with van der Waals surface area (Å²) in [6.45, 7) is 3.25. The van der Waals surface area contributed by atoms with Crippen LogP contribution < -0.4 is 14.8 Å². The molecule has 0 bridgehead atoms. The van der Waals surface area contributed by atoms with Gasteiger partial charge in [0.1, 0.15) is 0 Å². The van der Waals surface area contributed by atoms with E-state index in [0.717, 1.165) is 40.9 Å². The van der Waals surface area contributed by atoms with Crippen LogP contribution in [0, 0.1) is 0 Å². The van der Waals surface area contributed by atoms with E-state index in [4.69, 9.17) is 9.47 Å². The second-order valence-electron chi connectivity index (χ2n) is 5.06. The number of rotatable bonds is 5. The van der Waals surface area contributed by atoms with Crippen LogP contribution in [0.2, 0.25) is 0 Å². The zero-order valence-electron chi connectivity index (χ0n) is 12.0. The molecule has 2 aromatic carbocycles. The monoisotopic (exact) mass is 347 g/mol. The normalized spacial score (nSPS) is 12.5. The van der Waals surface area contributed by atoms with Crippen molar-refractivity contribution >= 4 is 21.6 Å². The average Bonchev–Trinajstić information content (AvgIpc) is 2.93. The number of benzene rings is 2. The maximum absolute atomic E-state index is 5.44. The zero-order valence-corrected chi connectivity index (χ0v) is 13.6. The average molecular weight is 348 g/mol. The van der Waals surface area contributed by atoms with Crippen LogP contribution in [0.5, 0.6) is 11.5 Å². The lowest BCUT2D eigenvalue weighted by molar-refractivity contribution is 0.174. The molecular formula is C17H18BrNO2. The van der Waals surface area contributed by atoms with Gasteiger partial charge in [-0.15, -0.1) is 0 Å². The van der Waals surface area contributed by atoms with Crippen molar-refractivity contribution in [2.45, 2.75) is 26.3 Å². The van der Waals surface area contributed by atoms with Crippen LogP contribution in [0.4, 0.5) is 5.69 Å². The Labute approximate surface area is 133 Å². The van der Waals surface area contributed by atoms with E-state index in [2.05, 4.69) is 52.4 Å². The highest BCUT2D eigenvalue weighted by Gasteiger charge is 2.16. The summed E-state index contributed by atoms with van der Waals surface area (Å²) >= 11 is 3.60. The van der Waals surface area contributed by atoms with Crippen molar-refractivity contribution in [3.63, 3.8) is 0 Å². The van der Waals surface area contributed by atoms with Crippen molar-refractivity contribution in [3.8, 4) is 11.5 Å². The number of halogens is 1. The summed E-state index contributed by atoms with van der Waals surface area (Å²) in [5.74, 6) is 1.62. The maximum Gasteiger partial charge on any atom is 0.231 e. The first-order chi connectivity index (χ1) is 10.3. The summed E-state index contributed by atoms with van der Waals surface area (Å²) in [7, 11) is 0. The predicted octanol–water partition coefficient (Wildman–Crippen LogP) is 4.74. The van der Waals surface area contributed by atoms with Gasteiger partial charge in [-0.05, 0) is 35.7 Å². The summed E-state index contributed by atoms with van der Waals surface area (Å²) in [6.07, 6.45) is 2.23. The zero-order chi connectivity index (χ0) is 14.7. The molecule has 0 aromatic heterocycles. The lowest BCUT2D eigenvalue weighted by Crippen LogP contribution is -2.03. The Bertz CT molecular complexity index is 643. The van der Waals surface area contributed by atoms with Crippen LogP contribution in [0.1, 0.15) is 24.5 Å². The Hall–Kier alpha value is -1.68. The molecule has 0 spiro atoms. The molecule has 110 valence electrons. The lowest BCUT2D eigenvalue weighted by Gasteiger charge is -2.13. The van der Waals surface area contributed by atoms with Crippen LogP contribution in [0.25, 0.3) is 0 Å². The minimum absolute atomic E-state index is 0.304. The fourth-order valence-electron chi connectivity index (χ4n) is 2.47. The SMILES string of the molecule is CCCc1ccccc1NCc1cc2c(cc1Br)OCO2. The summed E-state index contributed by atoms with van der Waals surface area (Å²) < 4.78 is 11.8. The summed E-state index contributed by atoms with van der Waals surface area (Å²) in [5.41, 5.74) is 3.71. The van der Waals surface area contributed by atoms with Gasteiger partial charge in [0.15, 0.2) is 11.5 Å². The first-order valence-corrected chi connectivity index (χ1v) is 7.97. The van der Waals surface area contributed by atoms with Crippen molar-refractivity contribution in [1.29, 1.82) is 0 Å². The molecule has 1 N–H and O–H groups in total. The van der Waals surface area contributed by atoms with E-state index < -0.39 is 0 Å². The Morgan fingerprint density at radius 2 is 1.86 bits per heavy atom. The van der Waals surface area contributed by atoms with Crippen molar-refractivity contribution in [2.75, 3.05) is 12.1 Å². The molecule has 0 aliphatic carbocycles. The molecule has 0 radical (unpaired) electrons. The summed E-state index contributed by atoms with van der Waals surface area (Å²) in [5, 5.41) is 3.52. The summed E-state index contributed by atoms with van der Waals surface area (Å²) in [4.78, 5) is 0. The fraction of sp³-hybridized carbons (Fsp3) is 0.294. The first-order valence-electron chi connectivity index (χ1n) is 7.17. The molecule has 0 amide bonds. The number of para-hydroxylation sites is 1. The third-order valence-corrected chi connectivity index (χ3v) is 4.29. The largest absolute Gasteiger partial charge is 0.454 e. The van der Waals surface area contributed by atoms with E-state index in [9.17, 15) is 0 Å². The molecule has 4 heteroatoms. The third kappa shape index (κ3) is 3.16. The van der Waals surface area contributed by atoms with Gasteiger partial charge in [-0.25, -0.2) is 0 Å². The standard InChI is InChI=1S/C17H18BrNO2/c1-2-5-12-6-3-4-7-15(12)19-10-13-8-16-17(9-14(13)18)21-11-20-16/h3-4,6-9,19H,2,5,10-11H2,1H3. The van der Waals surface area contributed by atoms with E-state index >= 15 is 0 Å². The Morgan fingerprint density at radius 1 is 1.10 bits per heavy atom. The molecule has 3 rings (SSSR count). The molecule has 0 atom stereocenters. The van der Waals surface area contributed by atoms with Crippen molar-refractivity contribution in [3.05, 3.63) is 52.0 Å². The molecule has 0 saturated heterocycles. The van der Waals surface area contributed by atoms with Gasteiger partial charge in [-0.2, -0.15) is 0 Å². The summed E-state index contributed by atoms with van der Waals surface area (Å²) in [6, 6.07) is 12.5. The second-order valence-corrected chi connectivity index (χ2v) is 5.91. The Balaban J connectivity index is 1.76. The molecule has 21 heavy (non-hydrogen) atoms. The number of hydrogen-bond donors (Lipinski definition) is 1. The van der Waals surface area contributed by atoms with E-state index in [1.165, 1.54) is 11.3 Å². The molecule has 0 saturated carbocycles. The number of hydrogen-bond acceptors (Lipinski definition) is 3. The lowest BCUT2D eigenvalue weighted by atomic mass is 10.1. The number of aryl methyl sites for hydroxylation is 1. The Morgan fingerprint density at radius 3 is 2.67 bits per heavy atom. The minimum atomic E-state index is 0.304. The van der Waals surface area contributed by atoms with E-state index in [0.29, 0.717) is 6.79 Å². The van der Waals surface area contributed by atoms with Crippen molar-refractivity contribution in [1.82, 2.24) is 0 Å². The minimum Gasteiger partial charge on any atom is -0.454 e. The smallest absolute Gasteiger partial charge is 0.231 e. The van der Waals surface area contributed by atoms with Gasteiger partial charge in [-0.1, -0.05) is 47.5 Å². The molecule has 1 heterocycles. The van der Waals surface area contributed by atoms with Gasteiger partial charge in [-0.3, -0.25) is 0 Å². The highest BCUT2D eigenvalue weighted by atomic mass is 79.9. The van der Waals surface area contributed by atoms with E-state index in [1.54, 1.807) is 0 Å². The van der Waals surface area contributed by atoms with Crippen LogP contribution in [-0.2, 0) is 13.0 Å². The maximum atomic E-state index is 5.44. The molecule has 2 aromatic rings. The van der Waals surface area contributed by atoms with Crippen molar-refractivity contribution < 1.29 is 9.47 Å². The van der Waals surface area contributed by atoms with E-state index in [1.807, 2.05) is 12.1 Å². The highest BCUT2D eigenvalue weighted by Crippen LogP contribution is 2.37. The van der Waals surface area contributed by atoms with Gasteiger partial charge < -0.3 is 14.8 Å². The molecule has 3 nitrogen and oxygen atoms in total. The second kappa shape index (κ2) is 6.39. The molecule has 0 fully saturated rings. The van der Waals surface area contributed by atoms with Gasteiger partial charge in [0, 0.05) is 16.7 Å². The topological polar surface area (TPSA) is 30.5 Å². The van der Waals surface area contributed by atoms with Crippen LogP contribution in [-0.4, -0.2) is 6.79 Å². The van der Waals surface area contributed by atoms with Gasteiger partial charge in [0.2, 0.25) is 6.79 Å². The van der Waals surface area contributed by atoms with Crippen molar-refractivity contribution in [2.24, 2.45) is 0 Å². The molecular weight excluding hydrogens is 330 g/mol. The number of ether oxygens (including phenoxy) is 2.